The van der Waals surface area contributed by atoms with E-state index in [0.29, 0.717) is 38.4 Å². The Morgan fingerprint density at radius 3 is 3.00 bits per heavy atom. The highest BCUT2D eigenvalue weighted by Crippen LogP contribution is 2.39. The van der Waals surface area contributed by atoms with Gasteiger partial charge in [-0.1, -0.05) is 0 Å². The number of hydrogen-bond acceptors (Lipinski definition) is 6. The first-order valence-corrected chi connectivity index (χ1v) is 6.95. The number of aryl methyl sites for hydroxylation is 1. The molecule has 2 aliphatic heterocycles. The fraction of sp³-hybridized carbons (Fsp3) is 0.667. The molecule has 10 heteroatoms. The number of aromatic nitrogens is 2. The Bertz CT molecular complexity index is 611. The molecule has 1 aromatic rings. The zero-order chi connectivity index (χ0) is 15.9. The van der Waals surface area contributed by atoms with E-state index in [2.05, 4.69) is 10.4 Å². The first-order valence-electron chi connectivity index (χ1n) is 6.95. The molecule has 1 amide bonds. The molecule has 0 bridgehead atoms. The van der Waals surface area contributed by atoms with Gasteiger partial charge in [0.1, 0.15) is 11.8 Å². The predicted octanol–water partition coefficient (Wildman–Crippen LogP) is 0.334. The van der Waals surface area contributed by atoms with Gasteiger partial charge >= 0.3 is 11.8 Å². The van der Waals surface area contributed by atoms with E-state index in [-0.39, 0.29) is 11.7 Å². The van der Waals surface area contributed by atoms with Crippen LogP contribution in [0.4, 0.5) is 16.3 Å². The van der Waals surface area contributed by atoms with Crippen molar-refractivity contribution in [3.63, 3.8) is 0 Å². The molecule has 22 heavy (non-hydrogen) atoms. The Morgan fingerprint density at radius 2 is 2.41 bits per heavy atom. The topological polar surface area (TPSA) is 126 Å². The Labute approximate surface area is 125 Å². The third-order valence-corrected chi connectivity index (χ3v) is 4.11. The Kier molecular flexibility index (Phi) is 3.39. The number of nitro groups is 1. The molecular weight excluding hydrogens is 294 g/mol. The lowest BCUT2D eigenvalue weighted by Gasteiger charge is -2.23. The highest BCUT2D eigenvalue weighted by atomic mass is 16.6. The summed E-state index contributed by atoms with van der Waals surface area (Å²) in [5.74, 6) is 0.427. The van der Waals surface area contributed by atoms with Crippen LogP contribution in [0.3, 0.4) is 0 Å². The molecule has 1 spiro atoms. The summed E-state index contributed by atoms with van der Waals surface area (Å²) >= 11 is 0. The number of carbonyl (C=O) groups is 1. The van der Waals surface area contributed by atoms with Crippen molar-refractivity contribution in [3.05, 3.63) is 16.3 Å². The molecule has 2 fully saturated rings. The molecule has 0 aromatic carbocycles. The van der Waals surface area contributed by atoms with Gasteiger partial charge < -0.3 is 20.1 Å². The van der Waals surface area contributed by atoms with E-state index in [1.165, 1.54) is 10.9 Å². The minimum Gasteiger partial charge on any atom is -0.465 e. The van der Waals surface area contributed by atoms with Crippen LogP contribution in [0.1, 0.15) is 12.8 Å². The molecular formula is C12H17N5O5. The molecule has 1 aromatic heterocycles. The molecule has 2 N–H and O–H groups in total. The second-order valence-electron chi connectivity index (χ2n) is 5.77. The number of nitrogens with zero attached hydrogens (tertiary/aromatic N) is 4. The van der Waals surface area contributed by atoms with Crippen molar-refractivity contribution in [1.29, 1.82) is 0 Å². The van der Waals surface area contributed by atoms with E-state index in [1.807, 2.05) is 4.90 Å². The molecule has 2 aliphatic rings. The summed E-state index contributed by atoms with van der Waals surface area (Å²) < 4.78 is 6.99. The lowest BCUT2D eigenvalue weighted by molar-refractivity contribution is -0.384. The van der Waals surface area contributed by atoms with Gasteiger partial charge in [-0.3, -0.25) is 10.1 Å². The van der Waals surface area contributed by atoms with Gasteiger partial charge in [0, 0.05) is 26.1 Å². The molecule has 3 rings (SSSR count). The number of carboxylic acid groups (broad SMARTS) is 1. The SMILES string of the molecule is Cn1ncc([N+](=O)[O-])c1N1CC[C@H](NC(=O)O)CC2(CO2)C1. The molecule has 10 nitrogen and oxygen atoms in total. The fourth-order valence-corrected chi connectivity index (χ4v) is 3.06. The van der Waals surface area contributed by atoms with Gasteiger partial charge in [0.2, 0.25) is 5.82 Å². The van der Waals surface area contributed by atoms with Crippen molar-refractivity contribution in [3.8, 4) is 0 Å². The third kappa shape index (κ3) is 2.69. The number of epoxide rings is 1. The summed E-state index contributed by atoms with van der Waals surface area (Å²) in [6.45, 7) is 1.52. The van der Waals surface area contributed by atoms with E-state index in [1.54, 1.807) is 7.05 Å². The average Bonchev–Trinajstić information content (AvgIpc) is 3.10. The normalized spacial score (nSPS) is 27.5. The van der Waals surface area contributed by atoms with Crippen molar-refractivity contribution in [1.82, 2.24) is 15.1 Å². The molecule has 120 valence electrons. The summed E-state index contributed by atoms with van der Waals surface area (Å²) in [6.07, 6.45) is 1.29. The maximum Gasteiger partial charge on any atom is 0.404 e. The maximum atomic E-state index is 11.2. The highest BCUT2D eigenvalue weighted by molar-refractivity contribution is 5.65. The number of nitrogens with one attached hydrogen (secondary N) is 1. The number of rotatable bonds is 3. The van der Waals surface area contributed by atoms with Crippen LogP contribution in [0, 0.1) is 10.1 Å². The van der Waals surface area contributed by atoms with Crippen molar-refractivity contribution in [2.75, 3.05) is 24.6 Å². The van der Waals surface area contributed by atoms with Crippen molar-refractivity contribution < 1.29 is 19.6 Å². The second kappa shape index (κ2) is 5.13. The lowest BCUT2D eigenvalue weighted by Crippen LogP contribution is -2.37. The van der Waals surface area contributed by atoms with E-state index < -0.39 is 16.6 Å². The van der Waals surface area contributed by atoms with Crippen molar-refractivity contribution in [2.45, 2.75) is 24.5 Å². The molecule has 2 saturated heterocycles. The van der Waals surface area contributed by atoms with Crippen LogP contribution in [0.15, 0.2) is 6.20 Å². The van der Waals surface area contributed by atoms with Gasteiger partial charge in [0.05, 0.1) is 18.1 Å². The van der Waals surface area contributed by atoms with Gasteiger partial charge in [0.25, 0.3) is 0 Å². The summed E-state index contributed by atoms with van der Waals surface area (Å²) in [7, 11) is 1.65. The maximum absolute atomic E-state index is 11.2. The number of amides is 1. The van der Waals surface area contributed by atoms with Gasteiger partial charge in [-0.2, -0.15) is 5.10 Å². The lowest BCUT2D eigenvalue weighted by atomic mass is 10.0. The Morgan fingerprint density at radius 1 is 1.68 bits per heavy atom. The van der Waals surface area contributed by atoms with Gasteiger partial charge in [-0.05, 0) is 6.42 Å². The van der Waals surface area contributed by atoms with Crippen molar-refractivity contribution in [2.24, 2.45) is 7.05 Å². The van der Waals surface area contributed by atoms with Crippen LogP contribution < -0.4 is 10.2 Å². The standard InChI is InChI=1S/C12H17N5O5/c1-15-10(9(5-13-15)17(20)21)16-3-2-8(14-11(18)19)4-12(6-16)7-22-12/h5,8,14H,2-4,6-7H2,1H3,(H,18,19)/t8-,12?/m0/s1. The molecule has 0 saturated carbocycles. The largest absolute Gasteiger partial charge is 0.465 e. The zero-order valence-electron chi connectivity index (χ0n) is 12.1. The van der Waals surface area contributed by atoms with Crippen LogP contribution in [0.5, 0.6) is 0 Å². The summed E-state index contributed by atoms with van der Waals surface area (Å²) in [5.41, 5.74) is -0.482. The highest BCUT2D eigenvalue weighted by Gasteiger charge is 2.50. The van der Waals surface area contributed by atoms with Crippen LogP contribution >= 0.6 is 0 Å². The molecule has 0 aliphatic carbocycles. The quantitative estimate of drug-likeness (QED) is 0.468. The van der Waals surface area contributed by atoms with Crippen LogP contribution in [-0.2, 0) is 11.8 Å². The van der Waals surface area contributed by atoms with E-state index in [0.717, 1.165) is 0 Å². The average molecular weight is 311 g/mol. The Hall–Kier alpha value is -2.36. The first kappa shape index (κ1) is 14.6. The molecule has 3 heterocycles. The first-order chi connectivity index (χ1) is 10.4. The second-order valence-corrected chi connectivity index (χ2v) is 5.77. The van der Waals surface area contributed by atoms with Gasteiger partial charge in [0.15, 0.2) is 0 Å². The number of anilines is 1. The van der Waals surface area contributed by atoms with Crippen LogP contribution in [0.25, 0.3) is 0 Å². The van der Waals surface area contributed by atoms with E-state index in [4.69, 9.17) is 9.84 Å². The molecule has 0 radical (unpaired) electrons. The molecule has 1 unspecified atom stereocenters. The van der Waals surface area contributed by atoms with Gasteiger partial charge in [-0.15, -0.1) is 0 Å². The minimum absolute atomic E-state index is 0.0528. The van der Waals surface area contributed by atoms with Crippen LogP contribution in [0.2, 0.25) is 0 Å². The fourth-order valence-electron chi connectivity index (χ4n) is 3.06. The number of ether oxygens (including phenoxy) is 1. The Balaban J connectivity index is 1.85. The minimum atomic E-state index is -1.07. The van der Waals surface area contributed by atoms with Crippen LogP contribution in [-0.4, -0.2) is 57.2 Å². The summed E-state index contributed by atoms with van der Waals surface area (Å²) in [6, 6.07) is -0.225. The number of hydrogen-bond donors (Lipinski definition) is 2. The monoisotopic (exact) mass is 311 g/mol. The summed E-state index contributed by atoms with van der Waals surface area (Å²) in [4.78, 5) is 23.4. The van der Waals surface area contributed by atoms with E-state index >= 15 is 0 Å². The summed E-state index contributed by atoms with van der Waals surface area (Å²) in [5, 5.41) is 26.5. The van der Waals surface area contributed by atoms with Crippen molar-refractivity contribution >= 4 is 17.6 Å². The third-order valence-electron chi connectivity index (χ3n) is 4.11. The smallest absolute Gasteiger partial charge is 0.404 e. The van der Waals surface area contributed by atoms with Gasteiger partial charge in [-0.25, -0.2) is 9.48 Å². The molecule has 2 atom stereocenters. The zero-order valence-corrected chi connectivity index (χ0v) is 12.1. The van der Waals surface area contributed by atoms with E-state index in [9.17, 15) is 14.9 Å². The predicted molar refractivity (Wildman–Crippen MR) is 74.9 cm³/mol.